The lowest BCUT2D eigenvalue weighted by Gasteiger charge is -2.09. The third kappa shape index (κ3) is 5.63. The van der Waals surface area contributed by atoms with Gasteiger partial charge in [0.15, 0.2) is 0 Å². The fourth-order valence-electron chi connectivity index (χ4n) is 1.89. The quantitative estimate of drug-likeness (QED) is 0.253. The molecule has 0 heterocycles. The Morgan fingerprint density at radius 3 is 2.74 bits per heavy atom. The molecule has 2 aromatic carbocycles. The lowest BCUT2D eigenvalue weighted by atomic mass is 10.2. The van der Waals surface area contributed by atoms with Crippen LogP contribution < -0.4 is 4.74 Å². The summed E-state index contributed by atoms with van der Waals surface area (Å²) in [4.78, 5) is 26.7. The summed E-state index contributed by atoms with van der Waals surface area (Å²) in [5.74, 6) is 0.796. The maximum Gasteiger partial charge on any atom is 0.308 e. The molecule has 0 fully saturated rings. The highest BCUT2D eigenvalue weighted by Gasteiger charge is 2.07. The summed E-state index contributed by atoms with van der Waals surface area (Å²) in [6.07, 6.45) is 0. The van der Waals surface area contributed by atoms with E-state index in [0.29, 0.717) is 11.5 Å². The van der Waals surface area contributed by atoms with E-state index < -0.39 is 5.09 Å². The summed E-state index contributed by atoms with van der Waals surface area (Å²) >= 11 is 1.55. The van der Waals surface area contributed by atoms with E-state index in [-0.39, 0.29) is 12.6 Å². The molecule has 0 aliphatic carbocycles. The average molecular weight is 333 g/mol. The first-order chi connectivity index (χ1) is 11.0. The molecule has 0 bridgehead atoms. The normalized spacial score (nSPS) is 10.1. The molecule has 23 heavy (non-hydrogen) atoms. The van der Waals surface area contributed by atoms with E-state index in [0.717, 1.165) is 16.0 Å². The molecule has 120 valence electrons. The maximum atomic E-state index is 11.1. The summed E-state index contributed by atoms with van der Waals surface area (Å²) in [6.45, 7) is 1.29. The third-order valence-corrected chi connectivity index (χ3v) is 3.90. The number of carbonyl (C=O) groups is 1. The van der Waals surface area contributed by atoms with E-state index >= 15 is 0 Å². The molecule has 0 saturated heterocycles. The average Bonchev–Trinajstić information content (AvgIpc) is 2.52. The molecule has 7 heteroatoms. The Labute approximate surface area is 137 Å². The Morgan fingerprint density at radius 2 is 2.00 bits per heavy atom. The van der Waals surface area contributed by atoms with Gasteiger partial charge in [-0.05, 0) is 23.8 Å². The fourth-order valence-corrected chi connectivity index (χ4v) is 2.86. The predicted molar refractivity (Wildman–Crippen MR) is 85.5 cm³/mol. The van der Waals surface area contributed by atoms with Crippen LogP contribution in [0.2, 0.25) is 0 Å². The van der Waals surface area contributed by atoms with Crippen molar-refractivity contribution in [3.05, 3.63) is 69.8 Å². The van der Waals surface area contributed by atoms with Crippen molar-refractivity contribution >= 4 is 17.7 Å². The summed E-state index contributed by atoms with van der Waals surface area (Å²) in [6, 6.07) is 14.7. The number of ether oxygens (including phenoxy) is 1. The summed E-state index contributed by atoms with van der Waals surface area (Å²) < 4.78 is 5.18. The Hall–Kier alpha value is -2.54. The molecule has 6 nitrogen and oxygen atoms in total. The Balaban J connectivity index is 2.02. The van der Waals surface area contributed by atoms with Crippen LogP contribution in [-0.4, -0.2) is 11.1 Å². The van der Waals surface area contributed by atoms with Crippen LogP contribution in [-0.2, 0) is 22.0 Å². The Kier molecular flexibility index (Phi) is 5.99. The minimum atomic E-state index is -0.810. The first-order valence-corrected chi connectivity index (χ1v) is 7.78. The van der Waals surface area contributed by atoms with Gasteiger partial charge >= 0.3 is 5.97 Å². The number of rotatable bonds is 7. The van der Waals surface area contributed by atoms with Crippen LogP contribution in [0.3, 0.4) is 0 Å². The summed E-state index contributed by atoms with van der Waals surface area (Å²) in [5, 5.41) is 9.42. The van der Waals surface area contributed by atoms with Gasteiger partial charge in [-0.3, -0.25) is 4.79 Å². The van der Waals surface area contributed by atoms with Crippen LogP contribution in [0.25, 0.3) is 0 Å². The molecule has 0 saturated carbocycles. The van der Waals surface area contributed by atoms with Gasteiger partial charge in [0.1, 0.15) is 12.4 Å². The molecule has 2 rings (SSSR count). The van der Waals surface area contributed by atoms with Crippen molar-refractivity contribution in [2.45, 2.75) is 24.2 Å². The zero-order chi connectivity index (χ0) is 16.7. The second-order valence-corrected chi connectivity index (χ2v) is 5.68. The largest absolute Gasteiger partial charge is 0.426 e. The number of hydrogen-bond acceptors (Lipinski definition) is 6. The molecular weight excluding hydrogens is 318 g/mol. The van der Waals surface area contributed by atoms with Gasteiger partial charge in [-0.15, -0.1) is 21.9 Å². The second kappa shape index (κ2) is 8.19. The molecule has 0 amide bonds. The monoisotopic (exact) mass is 333 g/mol. The standard InChI is InChI=1S/C16H15NO5S/c1-12(18)22-16-8-3-2-6-14(16)11-23-15-7-4-5-13(9-15)10-21-17(19)20/h2-9H,10-11H2,1H3. The molecule has 0 N–H and O–H groups in total. The van der Waals surface area contributed by atoms with E-state index in [1.165, 1.54) is 6.92 Å². The Bertz CT molecular complexity index is 704. The van der Waals surface area contributed by atoms with Gasteiger partial charge in [-0.25, -0.2) is 0 Å². The lowest BCUT2D eigenvalue weighted by Crippen LogP contribution is -2.03. The van der Waals surface area contributed by atoms with Gasteiger partial charge < -0.3 is 9.57 Å². The van der Waals surface area contributed by atoms with E-state index in [4.69, 9.17) is 4.74 Å². The molecule has 0 aliphatic rings. The summed E-state index contributed by atoms with van der Waals surface area (Å²) in [5.41, 5.74) is 1.62. The van der Waals surface area contributed by atoms with Crippen LogP contribution in [0.4, 0.5) is 0 Å². The zero-order valence-electron chi connectivity index (χ0n) is 12.4. The first-order valence-electron chi connectivity index (χ1n) is 6.80. The summed E-state index contributed by atoms with van der Waals surface area (Å²) in [7, 11) is 0. The maximum absolute atomic E-state index is 11.1. The van der Waals surface area contributed by atoms with Gasteiger partial charge in [0, 0.05) is 23.1 Å². The number of thioether (sulfide) groups is 1. The number of hydrogen-bond donors (Lipinski definition) is 0. The van der Waals surface area contributed by atoms with Crippen molar-refractivity contribution in [2.75, 3.05) is 0 Å². The van der Waals surface area contributed by atoms with Crippen molar-refractivity contribution in [3.63, 3.8) is 0 Å². The number of esters is 1. The highest BCUT2D eigenvalue weighted by molar-refractivity contribution is 7.98. The molecule has 0 aromatic heterocycles. The van der Waals surface area contributed by atoms with E-state index in [2.05, 4.69) is 4.84 Å². The number of nitrogens with zero attached hydrogens (tertiary/aromatic N) is 1. The van der Waals surface area contributed by atoms with Crippen LogP contribution in [0.5, 0.6) is 5.75 Å². The van der Waals surface area contributed by atoms with Gasteiger partial charge in [0.2, 0.25) is 0 Å². The highest BCUT2D eigenvalue weighted by atomic mass is 32.2. The molecule has 2 aromatic rings. The van der Waals surface area contributed by atoms with E-state index in [1.807, 2.05) is 36.4 Å². The molecular formula is C16H15NO5S. The SMILES string of the molecule is CC(=O)Oc1ccccc1CSc1cccc(CO[N+](=O)[O-])c1. The van der Waals surface area contributed by atoms with Crippen molar-refractivity contribution in [3.8, 4) is 5.75 Å². The van der Waals surface area contributed by atoms with Crippen molar-refractivity contribution in [2.24, 2.45) is 0 Å². The predicted octanol–water partition coefficient (Wildman–Crippen LogP) is 3.61. The number of carbonyl (C=O) groups excluding carboxylic acids is 1. The van der Waals surface area contributed by atoms with E-state index in [1.54, 1.807) is 23.9 Å². The van der Waals surface area contributed by atoms with E-state index in [9.17, 15) is 14.9 Å². The van der Waals surface area contributed by atoms with Crippen LogP contribution in [0, 0.1) is 10.1 Å². The third-order valence-electron chi connectivity index (χ3n) is 2.86. The zero-order valence-corrected chi connectivity index (χ0v) is 13.2. The van der Waals surface area contributed by atoms with Crippen LogP contribution in [0.15, 0.2) is 53.4 Å². The first kappa shape index (κ1) is 16.8. The second-order valence-electron chi connectivity index (χ2n) is 4.63. The van der Waals surface area contributed by atoms with Crippen LogP contribution in [0.1, 0.15) is 18.1 Å². The molecule has 0 aliphatic heterocycles. The van der Waals surface area contributed by atoms with Crippen molar-refractivity contribution < 1.29 is 19.5 Å². The minimum absolute atomic E-state index is 0.0779. The Morgan fingerprint density at radius 1 is 1.22 bits per heavy atom. The van der Waals surface area contributed by atoms with Crippen molar-refractivity contribution in [1.82, 2.24) is 0 Å². The topological polar surface area (TPSA) is 78.7 Å². The smallest absolute Gasteiger partial charge is 0.308 e. The lowest BCUT2D eigenvalue weighted by molar-refractivity contribution is -0.763. The fraction of sp³-hybridized carbons (Fsp3) is 0.188. The number of benzene rings is 2. The van der Waals surface area contributed by atoms with Gasteiger partial charge in [-0.2, -0.15) is 0 Å². The molecule has 0 spiro atoms. The van der Waals surface area contributed by atoms with Crippen molar-refractivity contribution in [1.29, 1.82) is 0 Å². The van der Waals surface area contributed by atoms with Crippen LogP contribution >= 0.6 is 11.8 Å². The number of para-hydroxylation sites is 1. The molecule has 0 radical (unpaired) electrons. The van der Waals surface area contributed by atoms with Gasteiger partial charge in [0.25, 0.3) is 5.09 Å². The molecule has 0 unspecified atom stereocenters. The molecule has 0 atom stereocenters. The van der Waals surface area contributed by atoms with Gasteiger partial charge in [0.05, 0.1) is 0 Å². The highest BCUT2D eigenvalue weighted by Crippen LogP contribution is 2.28. The minimum Gasteiger partial charge on any atom is -0.426 e. The van der Waals surface area contributed by atoms with Gasteiger partial charge in [-0.1, -0.05) is 30.3 Å².